The van der Waals surface area contributed by atoms with Gasteiger partial charge in [-0.2, -0.15) is 0 Å². The van der Waals surface area contributed by atoms with E-state index in [1.807, 2.05) is 12.3 Å². The van der Waals surface area contributed by atoms with Gasteiger partial charge in [0, 0.05) is 35.8 Å². The van der Waals surface area contributed by atoms with Crippen LogP contribution in [-0.4, -0.2) is 17.0 Å². The van der Waals surface area contributed by atoms with Gasteiger partial charge in [0.25, 0.3) is 5.69 Å². The third kappa shape index (κ3) is 3.31. The summed E-state index contributed by atoms with van der Waals surface area (Å²) < 4.78 is 5.23. The van der Waals surface area contributed by atoms with Crippen LogP contribution < -0.4 is 10.1 Å². The fraction of sp³-hybridized carbons (Fsp3) is 0.308. The molecule has 0 saturated heterocycles. The van der Waals surface area contributed by atoms with Gasteiger partial charge in [0.2, 0.25) is 0 Å². The van der Waals surface area contributed by atoms with E-state index in [4.69, 9.17) is 4.74 Å². The van der Waals surface area contributed by atoms with Gasteiger partial charge in [-0.3, -0.25) is 10.1 Å². The molecule has 0 aliphatic rings. The maximum Gasteiger partial charge on any atom is 0.270 e. The van der Waals surface area contributed by atoms with Crippen LogP contribution in [0.2, 0.25) is 0 Å². The molecule has 0 saturated carbocycles. The second-order valence-electron chi connectivity index (χ2n) is 4.23. The molecule has 20 heavy (non-hydrogen) atoms. The van der Waals surface area contributed by atoms with Gasteiger partial charge in [0.1, 0.15) is 10.8 Å². The van der Waals surface area contributed by atoms with Crippen molar-refractivity contribution >= 4 is 17.0 Å². The first-order valence-corrected chi connectivity index (χ1v) is 6.94. The molecule has 0 spiro atoms. The second-order valence-corrected chi connectivity index (χ2v) is 5.15. The molecule has 2 aromatic rings. The van der Waals surface area contributed by atoms with Gasteiger partial charge in [-0.05, 0) is 13.0 Å². The number of aromatic nitrogens is 1. The first-order valence-electron chi connectivity index (χ1n) is 6.06. The Balaban J connectivity index is 2.11. The van der Waals surface area contributed by atoms with Gasteiger partial charge in [-0.1, -0.05) is 0 Å². The van der Waals surface area contributed by atoms with E-state index in [-0.39, 0.29) is 11.7 Å². The molecule has 1 N–H and O–H groups in total. The van der Waals surface area contributed by atoms with E-state index in [1.165, 1.54) is 12.1 Å². The molecular weight excluding hydrogens is 278 g/mol. The zero-order valence-electron chi connectivity index (χ0n) is 11.2. The molecule has 1 atom stereocenters. The Hall–Kier alpha value is -1.99. The Bertz CT molecular complexity index is 587. The number of nitro benzene ring substituents is 1. The fourth-order valence-electron chi connectivity index (χ4n) is 1.82. The Morgan fingerprint density at radius 3 is 2.95 bits per heavy atom. The highest BCUT2D eigenvalue weighted by Crippen LogP contribution is 2.25. The maximum atomic E-state index is 10.8. The first-order chi connectivity index (χ1) is 9.61. The van der Waals surface area contributed by atoms with Gasteiger partial charge >= 0.3 is 0 Å². The summed E-state index contributed by atoms with van der Waals surface area (Å²) in [5.41, 5.74) is 0.814. The van der Waals surface area contributed by atoms with E-state index in [0.29, 0.717) is 12.3 Å². The van der Waals surface area contributed by atoms with E-state index < -0.39 is 4.92 Å². The summed E-state index contributed by atoms with van der Waals surface area (Å²) in [4.78, 5) is 14.6. The molecule has 2 rings (SSSR count). The highest BCUT2D eigenvalue weighted by Gasteiger charge is 2.13. The summed E-state index contributed by atoms with van der Waals surface area (Å²) in [6.07, 6.45) is 1.76. The van der Waals surface area contributed by atoms with Crippen LogP contribution >= 0.6 is 11.3 Å². The van der Waals surface area contributed by atoms with Crippen LogP contribution in [0.1, 0.15) is 23.5 Å². The van der Waals surface area contributed by atoms with Gasteiger partial charge < -0.3 is 10.1 Å². The lowest BCUT2D eigenvalue weighted by atomic mass is 10.1. The molecule has 0 bridgehead atoms. The number of hydrogen-bond donors (Lipinski definition) is 1. The minimum atomic E-state index is -0.410. The summed E-state index contributed by atoms with van der Waals surface area (Å²) in [5.74, 6) is 0.634. The zero-order chi connectivity index (χ0) is 14.5. The van der Waals surface area contributed by atoms with Crippen molar-refractivity contribution in [3.05, 3.63) is 50.5 Å². The van der Waals surface area contributed by atoms with Crippen LogP contribution in [-0.2, 0) is 6.54 Å². The molecule has 1 aromatic carbocycles. The van der Waals surface area contributed by atoms with Crippen LogP contribution in [0.15, 0.2) is 29.8 Å². The maximum absolute atomic E-state index is 10.8. The Labute approximate surface area is 120 Å². The van der Waals surface area contributed by atoms with Gasteiger partial charge in [0.05, 0.1) is 18.1 Å². The molecular formula is C13H15N3O3S. The number of methoxy groups -OCH3 is 1. The number of rotatable bonds is 6. The predicted molar refractivity (Wildman–Crippen MR) is 77.0 cm³/mol. The summed E-state index contributed by atoms with van der Waals surface area (Å²) in [7, 11) is 1.55. The quantitative estimate of drug-likeness (QED) is 0.654. The molecule has 1 heterocycles. The topological polar surface area (TPSA) is 77.3 Å². The van der Waals surface area contributed by atoms with Gasteiger partial charge in [-0.15, -0.1) is 11.3 Å². The highest BCUT2D eigenvalue weighted by molar-refractivity contribution is 7.09. The number of benzene rings is 1. The molecule has 0 fully saturated rings. The molecule has 1 unspecified atom stereocenters. The molecule has 0 amide bonds. The number of non-ortho nitro benzene ring substituents is 1. The van der Waals surface area contributed by atoms with Crippen molar-refractivity contribution < 1.29 is 9.66 Å². The number of nitro groups is 1. The summed E-state index contributed by atoms with van der Waals surface area (Å²) in [5, 5.41) is 17.0. The standard InChI is InChI=1S/C13H15N3O3S/c1-9(13-14-5-6-20-13)15-8-10-7-11(16(17)18)3-4-12(10)19-2/h3-7,9,15H,8H2,1-2H3. The third-order valence-corrected chi connectivity index (χ3v) is 3.85. The van der Waals surface area contributed by atoms with E-state index in [0.717, 1.165) is 10.6 Å². The molecule has 1 aromatic heterocycles. The van der Waals surface area contributed by atoms with Crippen LogP contribution in [0.5, 0.6) is 5.75 Å². The number of hydrogen-bond acceptors (Lipinski definition) is 6. The Morgan fingerprint density at radius 1 is 1.55 bits per heavy atom. The van der Waals surface area contributed by atoms with E-state index >= 15 is 0 Å². The van der Waals surface area contributed by atoms with Crippen LogP contribution in [0.3, 0.4) is 0 Å². The molecule has 7 heteroatoms. The van der Waals surface area contributed by atoms with Crippen molar-refractivity contribution in [3.8, 4) is 5.75 Å². The average Bonchev–Trinajstić information content (AvgIpc) is 2.98. The lowest BCUT2D eigenvalue weighted by Gasteiger charge is -2.13. The molecule has 0 radical (unpaired) electrons. The summed E-state index contributed by atoms with van der Waals surface area (Å²) in [6, 6.07) is 4.66. The first kappa shape index (κ1) is 14.4. The molecule has 0 aliphatic heterocycles. The van der Waals surface area contributed by atoms with Crippen molar-refractivity contribution in [1.29, 1.82) is 0 Å². The SMILES string of the molecule is COc1ccc([N+](=O)[O-])cc1CNC(C)c1nccs1. The number of nitrogens with zero attached hydrogens (tertiary/aromatic N) is 2. The van der Waals surface area contributed by atoms with Crippen LogP contribution in [0.4, 0.5) is 5.69 Å². The van der Waals surface area contributed by atoms with Gasteiger partial charge in [0.15, 0.2) is 0 Å². The van der Waals surface area contributed by atoms with Crippen molar-refractivity contribution in [2.45, 2.75) is 19.5 Å². The van der Waals surface area contributed by atoms with Crippen molar-refractivity contribution in [2.75, 3.05) is 7.11 Å². The zero-order valence-corrected chi connectivity index (χ0v) is 12.0. The van der Waals surface area contributed by atoms with Crippen molar-refractivity contribution in [2.24, 2.45) is 0 Å². The van der Waals surface area contributed by atoms with E-state index in [2.05, 4.69) is 10.3 Å². The number of ether oxygens (including phenoxy) is 1. The van der Waals surface area contributed by atoms with E-state index in [9.17, 15) is 10.1 Å². The lowest BCUT2D eigenvalue weighted by Crippen LogP contribution is -2.18. The minimum Gasteiger partial charge on any atom is -0.496 e. The third-order valence-electron chi connectivity index (χ3n) is 2.90. The average molecular weight is 293 g/mol. The Kier molecular flexibility index (Phi) is 4.65. The van der Waals surface area contributed by atoms with E-state index in [1.54, 1.807) is 30.7 Å². The van der Waals surface area contributed by atoms with Crippen molar-refractivity contribution in [3.63, 3.8) is 0 Å². The van der Waals surface area contributed by atoms with Crippen LogP contribution in [0, 0.1) is 10.1 Å². The second kappa shape index (κ2) is 6.44. The van der Waals surface area contributed by atoms with Gasteiger partial charge in [-0.25, -0.2) is 4.98 Å². The number of thiazole rings is 1. The minimum absolute atomic E-state index is 0.0597. The van der Waals surface area contributed by atoms with Crippen molar-refractivity contribution in [1.82, 2.24) is 10.3 Å². The largest absolute Gasteiger partial charge is 0.496 e. The molecule has 6 nitrogen and oxygen atoms in total. The highest BCUT2D eigenvalue weighted by atomic mass is 32.1. The smallest absolute Gasteiger partial charge is 0.270 e. The summed E-state index contributed by atoms with van der Waals surface area (Å²) >= 11 is 1.57. The Morgan fingerprint density at radius 2 is 2.35 bits per heavy atom. The van der Waals surface area contributed by atoms with Crippen LogP contribution in [0.25, 0.3) is 0 Å². The molecule has 0 aliphatic carbocycles. The predicted octanol–water partition coefficient (Wildman–Crippen LogP) is 2.91. The molecule has 106 valence electrons. The normalized spacial score (nSPS) is 12.1. The lowest BCUT2D eigenvalue weighted by molar-refractivity contribution is -0.384. The fourth-order valence-corrected chi connectivity index (χ4v) is 2.49. The number of nitrogens with one attached hydrogen (secondary N) is 1. The monoisotopic (exact) mass is 293 g/mol. The summed E-state index contributed by atoms with van der Waals surface area (Å²) in [6.45, 7) is 2.48.